The number of amides is 1. The molecular weight excluding hydrogens is 468 g/mol. The van der Waals surface area contributed by atoms with Crippen molar-refractivity contribution in [2.24, 2.45) is 0 Å². The van der Waals surface area contributed by atoms with E-state index in [2.05, 4.69) is 32.1 Å². The Hall–Kier alpha value is -1.41. The molecule has 27 heavy (non-hydrogen) atoms. The second-order valence-corrected chi connectivity index (χ2v) is 11.0. The summed E-state index contributed by atoms with van der Waals surface area (Å²) in [5.41, 5.74) is 2.58. The lowest BCUT2D eigenvalue weighted by Crippen LogP contribution is -2.22. The normalized spacial score (nSPS) is 13.5. The SMILES string of the molecule is C=S(C)(=O)c1ccc(CNC(=O)c2sc3nc(C)c(Cl)c(C)c3c2Br)cc1. The molecule has 0 saturated heterocycles. The minimum Gasteiger partial charge on any atom is -0.347 e. The van der Waals surface area contributed by atoms with Crippen molar-refractivity contribution >= 4 is 70.4 Å². The van der Waals surface area contributed by atoms with Crippen molar-refractivity contribution in [3.05, 3.63) is 55.5 Å². The van der Waals surface area contributed by atoms with Crippen molar-refractivity contribution in [2.75, 3.05) is 6.26 Å². The molecule has 142 valence electrons. The standard InChI is InChI=1S/C19H18BrClN2O2S2/c1-10-14-15(20)17(26-19(14)23-11(2)16(10)21)18(24)22-9-12-5-7-13(8-6-12)27(3,4)25/h5-8H,3,9H2,1-2,4H3,(H,22,24). The molecule has 4 nitrogen and oxygen atoms in total. The molecule has 0 bridgehead atoms. The Morgan fingerprint density at radius 2 is 1.96 bits per heavy atom. The smallest absolute Gasteiger partial charge is 0.262 e. The molecule has 0 saturated carbocycles. The monoisotopic (exact) mass is 484 g/mol. The molecule has 3 aromatic rings. The van der Waals surface area contributed by atoms with Gasteiger partial charge in [0.2, 0.25) is 0 Å². The first-order chi connectivity index (χ1) is 12.6. The van der Waals surface area contributed by atoms with E-state index in [1.165, 1.54) is 11.3 Å². The summed E-state index contributed by atoms with van der Waals surface area (Å²) < 4.78 is 12.7. The first kappa shape index (κ1) is 20.3. The first-order valence-electron chi connectivity index (χ1n) is 8.03. The molecule has 0 radical (unpaired) electrons. The van der Waals surface area contributed by atoms with Gasteiger partial charge in [0.15, 0.2) is 0 Å². The largest absolute Gasteiger partial charge is 0.347 e. The van der Waals surface area contributed by atoms with Crippen molar-refractivity contribution in [3.63, 3.8) is 0 Å². The highest BCUT2D eigenvalue weighted by Crippen LogP contribution is 2.39. The van der Waals surface area contributed by atoms with E-state index >= 15 is 0 Å². The predicted molar refractivity (Wildman–Crippen MR) is 119 cm³/mol. The van der Waals surface area contributed by atoms with Crippen LogP contribution in [0.15, 0.2) is 33.6 Å². The zero-order valence-electron chi connectivity index (χ0n) is 15.1. The summed E-state index contributed by atoms with van der Waals surface area (Å²) in [6, 6.07) is 7.26. The molecule has 1 amide bonds. The van der Waals surface area contributed by atoms with Crippen LogP contribution >= 0.6 is 38.9 Å². The molecule has 0 fully saturated rings. The Morgan fingerprint density at radius 1 is 1.33 bits per heavy atom. The fourth-order valence-corrected chi connectivity index (χ4v) is 5.67. The lowest BCUT2D eigenvalue weighted by Gasteiger charge is -2.07. The number of thiophene rings is 1. The number of carbonyl (C=O) groups excluding carboxylic acids is 1. The number of rotatable bonds is 4. The fraction of sp³-hybridized carbons (Fsp3) is 0.211. The Bertz CT molecular complexity index is 1150. The predicted octanol–water partition coefficient (Wildman–Crippen LogP) is 4.96. The number of carbonyl (C=O) groups is 1. The molecule has 1 N–H and O–H groups in total. The van der Waals surface area contributed by atoms with Crippen LogP contribution in [0.25, 0.3) is 10.2 Å². The van der Waals surface area contributed by atoms with Crippen molar-refractivity contribution in [1.82, 2.24) is 10.3 Å². The summed E-state index contributed by atoms with van der Waals surface area (Å²) in [5.74, 6) is 3.49. The second-order valence-electron chi connectivity index (χ2n) is 6.39. The summed E-state index contributed by atoms with van der Waals surface area (Å²) >= 11 is 11.2. The van der Waals surface area contributed by atoms with Crippen LogP contribution in [-0.2, 0) is 16.1 Å². The van der Waals surface area contributed by atoms with Crippen LogP contribution in [0.4, 0.5) is 0 Å². The summed E-state index contributed by atoms with van der Waals surface area (Å²) in [5, 5.41) is 4.41. The van der Waals surface area contributed by atoms with Gasteiger partial charge in [0.1, 0.15) is 9.71 Å². The molecule has 1 aromatic carbocycles. The van der Waals surface area contributed by atoms with E-state index in [9.17, 15) is 9.00 Å². The topological polar surface area (TPSA) is 59.1 Å². The molecule has 0 aliphatic heterocycles. The number of hydrogen-bond acceptors (Lipinski definition) is 4. The number of hydrogen-bond donors (Lipinski definition) is 1. The average molecular weight is 486 g/mol. The molecular formula is C19H18BrClN2O2S2. The van der Waals surface area contributed by atoms with Gasteiger partial charge in [-0.3, -0.25) is 9.00 Å². The number of pyridine rings is 1. The minimum atomic E-state index is -2.24. The van der Waals surface area contributed by atoms with E-state index in [4.69, 9.17) is 11.6 Å². The highest BCUT2D eigenvalue weighted by Gasteiger charge is 2.21. The summed E-state index contributed by atoms with van der Waals surface area (Å²) in [6.45, 7) is 4.15. The van der Waals surface area contributed by atoms with Crippen LogP contribution in [0.3, 0.4) is 0 Å². The van der Waals surface area contributed by atoms with E-state index in [1.54, 1.807) is 18.4 Å². The van der Waals surface area contributed by atoms with Crippen LogP contribution in [0.2, 0.25) is 5.02 Å². The zero-order chi connectivity index (χ0) is 19.9. The summed E-state index contributed by atoms with van der Waals surface area (Å²) in [7, 11) is -2.24. The number of fused-ring (bicyclic) bond motifs is 1. The second kappa shape index (κ2) is 7.54. The van der Waals surface area contributed by atoms with Crippen LogP contribution < -0.4 is 5.32 Å². The maximum Gasteiger partial charge on any atom is 0.262 e. The third-order valence-electron chi connectivity index (χ3n) is 4.20. The van der Waals surface area contributed by atoms with Crippen LogP contribution in [0.1, 0.15) is 26.5 Å². The van der Waals surface area contributed by atoms with E-state index in [-0.39, 0.29) is 5.91 Å². The Morgan fingerprint density at radius 3 is 2.56 bits per heavy atom. The lowest BCUT2D eigenvalue weighted by molar-refractivity contribution is 0.0954. The number of aromatic nitrogens is 1. The van der Waals surface area contributed by atoms with Gasteiger partial charge in [0.05, 0.1) is 15.2 Å². The van der Waals surface area contributed by atoms with Gasteiger partial charge in [-0.05, 0) is 68.4 Å². The van der Waals surface area contributed by atoms with Gasteiger partial charge in [-0.1, -0.05) is 23.7 Å². The third-order valence-corrected chi connectivity index (χ3v) is 8.17. The van der Waals surface area contributed by atoms with E-state index in [0.717, 1.165) is 27.0 Å². The Labute approximate surface area is 176 Å². The van der Waals surface area contributed by atoms with Gasteiger partial charge in [-0.25, -0.2) is 4.98 Å². The van der Waals surface area contributed by atoms with E-state index < -0.39 is 9.52 Å². The van der Waals surface area contributed by atoms with Gasteiger partial charge < -0.3 is 5.32 Å². The number of nitrogens with zero attached hydrogens (tertiary/aromatic N) is 1. The van der Waals surface area contributed by atoms with Gasteiger partial charge in [-0.2, -0.15) is 0 Å². The zero-order valence-corrected chi connectivity index (χ0v) is 19.0. The number of halogens is 2. The summed E-state index contributed by atoms with van der Waals surface area (Å²) in [6.07, 6.45) is 1.60. The van der Waals surface area contributed by atoms with Crippen LogP contribution in [-0.4, -0.2) is 27.2 Å². The van der Waals surface area contributed by atoms with E-state index in [0.29, 0.717) is 25.8 Å². The average Bonchev–Trinajstić information content (AvgIpc) is 2.93. The lowest BCUT2D eigenvalue weighted by atomic mass is 10.1. The maximum absolute atomic E-state index is 12.7. The number of aryl methyl sites for hydroxylation is 2. The van der Waals surface area contributed by atoms with Crippen molar-refractivity contribution < 1.29 is 9.00 Å². The highest BCUT2D eigenvalue weighted by atomic mass is 79.9. The van der Waals surface area contributed by atoms with Gasteiger partial charge in [-0.15, -0.1) is 11.3 Å². The molecule has 1 unspecified atom stereocenters. The van der Waals surface area contributed by atoms with Crippen LogP contribution in [0, 0.1) is 13.8 Å². The van der Waals surface area contributed by atoms with Crippen molar-refractivity contribution in [1.29, 1.82) is 0 Å². The Balaban J connectivity index is 1.83. The van der Waals surface area contributed by atoms with Gasteiger partial charge >= 0.3 is 0 Å². The van der Waals surface area contributed by atoms with Crippen LogP contribution in [0.5, 0.6) is 0 Å². The molecule has 8 heteroatoms. The summed E-state index contributed by atoms with van der Waals surface area (Å²) in [4.78, 5) is 19.2. The van der Waals surface area contributed by atoms with Gasteiger partial charge in [0, 0.05) is 23.1 Å². The molecule has 1 atom stereocenters. The highest BCUT2D eigenvalue weighted by molar-refractivity contribution is 9.10. The van der Waals surface area contributed by atoms with Gasteiger partial charge in [0.25, 0.3) is 5.91 Å². The third kappa shape index (κ3) is 4.06. The number of nitrogens with one attached hydrogen (secondary N) is 1. The van der Waals surface area contributed by atoms with E-state index in [1.807, 2.05) is 26.0 Å². The molecule has 0 spiro atoms. The quantitative estimate of drug-likeness (QED) is 0.531. The fourth-order valence-electron chi connectivity index (χ4n) is 2.69. The number of benzene rings is 1. The Kier molecular flexibility index (Phi) is 5.68. The first-order valence-corrected chi connectivity index (χ1v) is 12.2. The minimum absolute atomic E-state index is 0.182. The molecule has 2 heterocycles. The maximum atomic E-state index is 12.7. The molecule has 0 aliphatic carbocycles. The molecule has 3 rings (SSSR count). The van der Waals surface area contributed by atoms with Crippen molar-refractivity contribution in [3.8, 4) is 0 Å². The molecule has 0 aliphatic rings. The molecule has 2 aromatic heterocycles. The van der Waals surface area contributed by atoms with Crippen molar-refractivity contribution in [2.45, 2.75) is 25.3 Å².